The minimum atomic E-state index is -3.83. The molecule has 0 amide bonds. The van der Waals surface area contributed by atoms with Crippen LogP contribution in [0.2, 0.25) is 0 Å². The third-order valence-electron chi connectivity index (χ3n) is 2.64. The molecular weight excluding hydrogens is 296 g/mol. The number of rotatable bonds is 8. The summed E-state index contributed by atoms with van der Waals surface area (Å²) < 4.78 is 26.0. The first kappa shape index (κ1) is 17.4. The lowest BCUT2D eigenvalue weighted by Crippen LogP contribution is -2.27. The first-order valence-electron chi connectivity index (χ1n) is 6.49. The Morgan fingerprint density at radius 1 is 1.33 bits per heavy atom. The highest BCUT2D eigenvalue weighted by Crippen LogP contribution is 2.21. The highest BCUT2D eigenvalue weighted by molar-refractivity contribution is 7.89. The van der Waals surface area contributed by atoms with Crippen LogP contribution in [0.5, 0.6) is 0 Å². The second-order valence-electron chi connectivity index (χ2n) is 4.91. The van der Waals surface area contributed by atoms with E-state index in [1.54, 1.807) is 0 Å². The van der Waals surface area contributed by atoms with Gasteiger partial charge in [0.1, 0.15) is 0 Å². The van der Waals surface area contributed by atoms with Crippen LogP contribution in [0.3, 0.4) is 0 Å². The van der Waals surface area contributed by atoms with Gasteiger partial charge in [-0.1, -0.05) is 13.8 Å². The smallest absolute Gasteiger partial charge is 0.337 e. The highest BCUT2D eigenvalue weighted by atomic mass is 32.2. The average Bonchev–Trinajstić information content (AvgIpc) is 2.42. The summed E-state index contributed by atoms with van der Waals surface area (Å²) in [6, 6.07) is 3.86. The Balaban J connectivity index is 3.11. The van der Waals surface area contributed by atoms with Crippen LogP contribution >= 0.6 is 0 Å². The average molecular weight is 316 g/mol. The van der Waals surface area contributed by atoms with Crippen molar-refractivity contribution in [1.82, 2.24) is 4.72 Å². The van der Waals surface area contributed by atoms with Crippen molar-refractivity contribution in [2.45, 2.75) is 18.7 Å². The molecule has 118 valence electrons. The zero-order chi connectivity index (χ0) is 16.0. The molecule has 1 aromatic carbocycles. The van der Waals surface area contributed by atoms with E-state index >= 15 is 0 Å². The maximum atomic E-state index is 11.9. The number of carboxylic acids is 1. The molecule has 0 aliphatic rings. The van der Waals surface area contributed by atoms with Crippen LogP contribution in [-0.2, 0) is 10.0 Å². The van der Waals surface area contributed by atoms with Gasteiger partial charge in [0.15, 0.2) is 0 Å². The number of carboxylic acid groups (broad SMARTS) is 1. The first-order chi connectivity index (χ1) is 9.77. The fraction of sp³-hybridized carbons (Fsp3) is 0.462. The van der Waals surface area contributed by atoms with Gasteiger partial charge in [0.25, 0.3) is 0 Å². The molecule has 0 bridgehead atoms. The first-order valence-corrected chi connectivity index (χ1v) is 7.98. The van der Waals surface area contributed by atoms with E-state index < -0.39 is 16.0 Å². The lowest BCUT2D eigenvalue weighted by molar-refractivity contribution is 0.0697. The third kappa shape index (κ3) is 5.00. The number of carbonyl (C=O) groups is 1. The maximum Gasteiger partial charge on any atom is 0.337 e. The summed E-state index contributed by atoms with van der Waals surface area (Å²) in [5, 5.41) is 20.8. The van der Waals surface area contributed by atoms with Gasteiger partial charge in [0.2, 0.25) is 10.0 Å². The summed E-state index contributed by atoms with van der Waals surface area (Å²) >= 11 is 0. The molecule has 21 heavy (non-hydrogen) atoms. The van der Waals surface area contributed by atoms with Crippen LogP contribution < -0.4 is 10.0 Å². The third-order valence-corrected chi connectivity index (χ3v) is 4.10. The number of hydrogen-bond acceptors (Lipinski definition) is 5. The molecule has 0 aromatic heterocycles. The van der Waals surface area contributed by atoms with Crippen LogP contribution in [-0.4, -0.2) is 44.3 Å². The molecular formula is C13H20N2O5S. The molecule has 0 fully saturated rings. The summed E-state index contributed by atoms with van der Waals surface area (Å²) in [5.74, 6) is -0.887. The number of nitrogens with one attached hydrogen (secondary N) is 2. The van der Waals surface area contributed by atoms with Gasteiger partial charge in [-0.15, -0.1) is 0 Å². The molecule has 1 rings (SSSR count). The van der Waals surface area contributed by atoms with E-state index in [0.717, 1.165) is 6.07 Å². The van der Waals surface area contributed by atoms with Crippen LogP contribution in [0.15, 0.2) is 23.1 Å². The van der Waals surface area contributed by atoms with E-state index in [1.165, 1.54) is 12.1 Å². The SMILES string of the molecule is CC(C)CNc1ccc(S(=O)(=O)NCCO)cc1C(=O)O. The molecule has 0 spiro atoms. The molecule has 7 nitrogen and oxygen atoms in total. The van der Waals surface area contributed by atoms with Crippen LogP contribution in [0.25, 0.3) is 0 Å². The monoisotopic (exact) mass is 316 g/mol. The number of hydrogen-bond donors (Lipinski definition) is 4. The van der Waals surface area contributed by atoms with Gasteiger partial charge < -0.3 is 15.5 Å². The van der Waals surface area contributed by atoms with Gasteiger partial charge in [-0.3, -0.25) is 0 Å². The summed E-state index contributed by atoms with van der Waals surface area (Å²) in [6.07, 6.45) is 0. The molecule has 4 N–H and O–H groups in total. The molecule has 1 aromatic rings. The zero-order valence-corrected chi connectivity index (χ0v) is 12.8. The van der Waals surface area contributed by atoms with Crippen molar-refractivity contribution in [3.05, 3.63) is 23.8 Å². The van der Waals surface area contributed by atoms with Gasteiger partial charge in [0.05, 0.1) is 17.1 Å². The van der Waals surface area contributed by atoms with Crippen molar-refractivity contribution in [2.24, 2.45) is 5.92 Å². The second-order valence-corrected chi connectivity index (χ2v) is 6.68. The topological polar surface area (TPSA) is 116 Å². The lowest BCUT2D eigenvalue weighted by Gasteiger charge is -2.13. The van der Waals surface area contributed by atoms with Gasteiger partial charge in [-0.2, -0.15) is 0 Å². The standard InChI is InChI=1S/C13H20N2O5S/c1-9(2)8-14-12-4-3-10(7-11(12)13(17)18)21(19,20)15-5-6-16/h3-4,7,9,14-16H,5-6,8H2,1-2H3,(H,17,18). The predicted molar refractivity (Wildman–Crippen MR) is 79.0 cm³/mol. The van der Waals surface area contributed by atoms with E-state index in [9.17, 15) is 18.3 Å². The quantitative estimate of drug-likeness (QED) is 0.562. The van der Waals surface area contributed by atoms with Crippen molar-refractivity contribution in [2.75, 3.05) is 25.0 Å². The maximum absolute atomic E-state index is 11.9. The molecule has 0 radical (unpaired) electrons. The van der Waals surface area contributed by atoms with Gasteiger partial charge >= 0.3 is 5.97 Å². The molecule has 0 saturated heterocycles. The van der Waals surface area contributed by atoms with Crippen molar-refractivity contribution in [3.8, 4) is 0 Å². The zero-order valence-electron chi connectivity index (χ0n) is 12.0. The van der Waals surface area contributed by atoms with Gasteiger partial charge in [-0.25, -0.2) is 17.9 Å². The van der Waals surface area contributed by atoms with Crippen LogP contribution in [0.4, 0.5) is 5.69 Å². The van der Waals surface area contributed by atoms with Crippen molar-refractivity contribution >= 4 is 21.7 Å². The van der Waals surface area contributed by atoms with Crippen LogP contribution in [0, 0.1) is 5.92 Å². The van der Waals surface area contributed by atoms with E-state index in [4.69, 9.17) is 5.11 Å². The minimum Gasteiger partial charge on any atom is -0.478 e. The Bertz CT molecular complexity index is 599. The molecule has 0 saturated carbocycles. The molecule has 0 unspecified atom stereocenters. The number of anilines is 1. The fourth-order valence-corrected chi connectivity index (χ4v) is 2.65. The van der Waals surface area contributed by atoms with E-state index in [2.05, 4.69) is 10.0 Å². The Morgan fingerprint density at radius 2 is 2.00 bits per heavy atom. The lowest BCUT2D eigenvalue weighted by atomic mass is 10.1. The fourth-order valence-electron chi connectivity index (χ4n) is 1.60. The van der Waals surface area contributed by atoms with Crippen molar-refractivity contribution < 1.29 is 23.4 Å². The number of aliphatic hydroxyl groups excluding tert-OH is 1. The molecule has 0 atom stereocenters. The summed E-state index contributed by atoms with van der Waals surface area (Å²) in [5.41, 5.74) is 0.264. The van der Waals surface area contributed by atoms with E-state index in [1.807, 2.05) is 13.8 Å². The van der Waals surface area contributed by atoms with Crippen LogP contribution in [0.1, 0.15) is 24.2 Å². The van der Waals surface area contributed by atoms with Gasteiger partial charge in [-0.05, 0) is 24.1 Å². The summed E-state index contributed by atoms with van der Waals surface area (Å²) in [7, 11) is -3.83. The molecule has 0 aliphatic carbocycles. The molecule has 8 heteroatoms. The molecule has 0 aliphatic heterocycles. The van der Waals surface area contributed by atoms with Crippen molar-refractivity contribution in [1.29, 1.82) is 0 Å². The normalized spacial score (nSPS) is 11.6. The summed E-state index contributed by atoms with van der Waals surface area (Å²) in [4.78, 5) is 11.1. The van der Waals surface area contributed by atoms with Crippen molar-refractivity contribution in [3.63, 3.8) is 0 Å². The second kappa shape index (κ2) is 7.39. The number of aliphatic hydroxyl groups is 1. The minimum absolute atomic E-state index is 0.109. The molecule has 0 heterocycles. The van der Waals surface area contributed by atoms with Gasteiger partial charge in [0, 0.05) is 18.8 Å². The Kier molecular flexibility index (Phi) is 6.13. The number of benzene rings is 1. The van der Waals surface area contributed by atoms with E-state index in [0.29, 0.717) is 18.2 Å². The Hall–Kier alpha value is -1.64. The highest BCUT2D eigenvalue weighted by Gasteiger charge is 2.18. The predicted octanol–water partition coefficient (Wildman–Crippen LogP) is 0.723. The largest absolute Gasteiger partial charge is 0.478 e. The Morgan fingerprint density at radius 3 is 2.52 bits per heavy atom. The summed E-state index contributed by atoms with van der Waals surface area (Å²) in [6.45, 7) is 4.07. The number of aromatic carboxylic acids is 1. The van der Waals surface area contributed by atoms with E-state index in [-0.39, 0.29) is 23.6 Å². The number of sulfonamides is 1. The Labute approximate surface area is 124 Å².